The van der Waals surface area contributed by atoms with Crippen LogP contribution in [0.25, 0.3) is 0 Å². The summed E-state index contributed by atoms with van der Waals surface area (Å²) in [6, 6.07) is 38.4. The molecule has 0 radical (unpaired) electrons. The van der Waals surface area contributed by atoms with Crippen LogP contribution in [-0.2, 0) is 6.54 Å². The molecule has 7 heteroatoms. The Morgan fingerprint density at radius 3 is 1.93 bits per heavy atom. The molecule has 2 atom stereocenters. The summed E-state index contributed by atoms with van der Waals surface area (Å²) in [6.07, 6.45) is 2.28. The molecule has 2 N–H and O–H groups in total. The molecule has 1 aliphatic carbocycles. The van der Waals surface area contributed by atoms with Gasteiger partial charge in [-0.1, -0.05) is 84.4 Å². The van der Waals surface area contributed by atoms with Crippen molar-refractivity contribution < 1.29 is 14.3 Å². The van der Waals surface area contributed by atoms with Gasteiger partial charge in [-0.15, -0.1) is 0 Å². The highest BCUT2D eigenvalue weighted by Gasteiger charge is 2.36. The zero-order chi connectivity index (χ0) is 28.7. The molecule has 6 rings (SSSR count). The molecular formula is C35H28ClN3O3. The first kappa shape index (κ1) is 27.1. The van der Waals surface area contributed by atoms with Crippen LogP contribution in [0.3, 0.4) is 0 Å². The molecule has 0 fully saturated rings. The van der Waals surface area contributed by atoms with E-state index in [0.29, 0.717) is 22.8 Å². The number of halogens is 1. The van der Waals surface area contributed by atoms with E-state index in [1.54, 1.807) is 36.7 Å². The summed E-state index contributed by atoms with van der Waals surface area (Å²) in [6.45, 7) is 0.463. The molecule has 42 heavy (non-hydrogen) atoms. The number of nitrogens with zero attached hydrogens (tertiary/aromatic N) is 1. The Balaban J connectivity index is 1.27. The summed E-state index contributed by atoms with van der Waals surface area (Å²) in [5, 5.41) is 6.91. The molecule has 0 aliphatic heterocycles. The fraction of sp³-hybridized carbons (Fsp3) is 0.0857. The molecule has 1 heterocycles. The third kappa shape index (κ3) is 6.14. The minimum atomic E-state index is -0.512. The molecule has 1 aliphatic rings. The number of benzene rings is 4. The Labute approximate surface area is 249 Å². The maximum Gasteiger partial charge on any atom is 0.255 e. The fourth-order valence-electron chi connectivity index (χ4n) is 4.84. The number of aromatic nitrogens is 1. The lowest BCUT2D eigenvalue weighted by Gasteiger charge is -2.34. The van der Waals surface area contributed by atoms with Gasteiger partial charge in [0, 0.05) is 29.4 Å². The SMILES string of the molecule is O=C(Nc1cccnc1)c1ccc(CNC2=C(Cl)C(Oc3ccccc3)c3ccccc3C2Oc2ccccc2)cc1. The smallest absolute Gasteiger partial charge is 0.255 e. The van der Waals surface area contributed by atoms with Crippen molar-refractivity contribution in [3.05, 3.63) is 167 Å². The molecule has 0 saturated carbocycles. The van der Waals surface area contributed by atoms with Crippen LogP contribution >= 0.6 is 11.6 Å². The maximum absolute atomic E-state index is 12.7. The van der Waals surface area contributed by atoms with Crippen LogP contribution in [0, 0.1) is 0 Å². The third-order valence-electron chi connectivity index (χ3n) is 6.92. The number of hydrogen-bond acceptors (Lipinski definition) is 5. The molecule has 2 unspecified atom stereocenters. The van der Waals surface area contributed by atoms with Gasteiger partial charge in [-0.05, 0) is 54.1 Å². The monoisotopic (exact) mass is 573 g/mol. The average Bonchev–Trinajstić information content (AvgIpc) is 3.04. The first-order valence-electron chi connectivity index (χ1n) is 13.6. The second-order valence-corrected chi connectivity index (χ2v) is 10.2. The van der Waals surface area contributed by atoms with E-state index in [9.17, 15) is 4.79 Å². The van der Waals surface area contributed by atoms with E-state index in [1.165, 1.54) is 0 Å². The van der Waals surface area contributed by atoms with Crippen molar-refractivity contribution in [2.45, 2.75) is 18.8 Å². The van der Waals surface area contributed by atoms with Gasteiger partial charge in [-0.2, -0.15) is 0 Å². The van der Waals surface area contributed by atoms with Gasteiger partial charge in [0.25, 0.3) is 5.91 Å². The number of carbonyl (C=O) groups excluding carboxylic acids is 1. The van der Waals surface area contributed by atoms with Gasteiger partial charge in [0.15, 0.2) is 12.2 Å². The van der Waals surface area contributed by atoms with Crippen molar-refractivity contribution in [1.29, 1.82) is 0 Å². The van der Waals surface area contributed by atoms with Crippen LogP contribution in [0.1, 0.15) is 39.3 Å². The van der Waals surface area contributed by atoms with Crippen LogP contribution in [-0.4, -0.2) is 10.9 Å². The van der Waals surface area contributed by atoms with Crippen molar-refractivity contribution in [3.8, 4) is 11.5 Å². The highest BCUT2D eigenvalue weighted by Crippen LogP contribution is 2.45. The van der Waals surface area contributed by atoms with Crippen molar-refractivity contribution in [2.75, 3.05) is 5.32 Å². The summed E-state index contributed by atoms with van der Waals surface area (Å²) in [7, 11) is 0. The van der Waals surface area contributed by atoms with E-state index in [4.69, 9.17) is 21.1 Å². The second-order valence-electron chi connectivity index (χ2n) is 9.76. The summed E-state index contributed by atoms with van der Waals surface area (Å²) < 4.78 is 13.0. The quantitative estimate of drug-likeness (QED) is 0.188. The van der Waals surface area contributed by atoms with E-state index in [0.717, 1.165) is 33.9 Å². The Hall–Kier alpha value is -5.07. The molecule has 5 aromatic rings. The van der Waals surface area contributed by atoms with Crippen LogP contribution in [0.4, 0.5) is 5.69 Å². The Bertz CT molecular complexity index is 1680. The van der Waals surface area contributed by atoms with Gasteiger partial charge in [0.1, 0.15) is 11.5 Å². The number of para-hydroxylation sites is 2. The maximum atomic E-state index is 12.7. The van der Waals surface area contributed by atoms with Gasteiger partial charge in [0.2, 0.25) is 0 Å². The number of nitrogens with one attached hydrogen (secondary N) is 2. The molecule has 4 aromatic carbocycles. The van der Waals surface area contributed by atoms with Gasteiger partial charge < -0.3 is 20.1 Å². The zero-order valence-corrected chi connectivity index (χ0v) is 23.4. The second kappa shape index (κ2) is 12.6. The van der Waals surface area contributed by atoms with E-state index in [-0.39, 0.29) is 5.91 Å². The molecule has 0 saturated heterocycles. The number of anilines is 1. The number of hydrogen-bond donors (Lipinski definition) is 2. The highest BCUT2D eigenvalue weighted by molar-refractivity contribution is 6.30. The molecule has 1 aromatic heterocycles. The van der Waals surface area contributed by atoms with Gasteiger partial charge >= 0.3 is 0 Å². The fourth-order valence-corrected chi connectivity index (χ4v) is 5.17. The third-order valence-corrected chi connectivity index (χ3v) is 7.33. The lowest BCUT2D eigenvalue weighted by molar-refractivity contribution is 0.102. The van der Waals surface area contributed by atoms with E-state index in [2.05, 4.69) is 15.6 Å². The minimum Gasteiger partial charge on any atom is -0.480 e. The van der Waals surface area contributed by atoms with Crippen LogP contribution in [0.15, 0.2) is 144 Å². The Morgan fingerprint density at radius 2 is 1.31 bits per heavy atom. The first-order chi connectivity index (χ1) is 20.7. The molecule has 0 spiro atoms. The zero-order valence-electron chi connectivity index (χ0n) is 22.6. The topological polar surface area (TPSA) is 72.5 Å². The van der Waals surface area contributed by atoms with Crippen molar-refractivity contribution in [3.63, 3.8) is 0 Å². The lowest BCUT2D eigenvalue weighted by Crippen LogP contribution is -2.31. The van der Waals surface area contributed by atoms with Crippen molar-refractivity contribution in [1.82, 2.24) is 10.3 Å². The normalized spacial score (nSPS) is 15.8. The molecule has 208 valence electrons. The largest absolute Gasteiger partial charge is 0.480 e. The standard InChI is InChI=1S/C35H28ClN3O3/c36-31-32(38-22-24-17-19-25(20-18-24)35(40)39-26-10-9-21-37-23-26)34(42-28-13-5-2-6-14-28)30-16-8-7-15-29(30)33(31)41-27-11-3-1-4-12-27/h1-21,23,33-34,38H,22H2,(H,39,40). The van der Waals surface area contributed by atoms with E-state index < -0.39 is 12.2 Å². The van der Waals surface area contributed by atoms with E-state index >= 15 is 0 Å². The van der Waals surface area contributed by atoms with E-state index in [1.807, 2.05) is 97.1 Å². The van der Waals surface area contributed by atoms with Crippen molar-refractivity contribution in [2.24, 2.45) is 0 Å². The summed E-state index contributed by atoms with van der Waals surface area (Å²) >= 11 is 7.15. The Morgan fingerprint density at radius 1 is 0.714 bits per heavy atom. The summed E-state index contributed by atoms with van der Waals surface area (Å²) in [5.41, 5.74) is 4.80. The van der Waals surface area contributed by atoms with Gasteiger partial charge in [0.05, 0.1) is 22.6 Å². The number of ether oxygens (including phenoxy) is 2. The molecular weight excluding hydrogens is 546 g/mol. The lowest BCUT2D eigenvalue weighted by atomic mass is 9.89. The van der Waals surface area contributed by atoms with Crippen LogP contribution in [0.2, 0.25) is 0 Å². The number of carbonyl (C=O) groups is 1. The highest BCUT2D eigenvalue weighted by atomic mass is 35.5. The number of amides is 1. The van der Waals surface area contributed by atoms with Gasteiger partial charge in [-0.25, -0.2) is 0 Å². The number of pyridine rings is 1. The molecule has 1 amide bonds. The molecule has 0 bridgehead atoms. The van der Waals surface area contributed by atoms with Crippen LogP contribution in [0.5, 0.6) is 11.5 Å². The summed E-state index contributed by atoms with van der Waals surface area (Å²) in [5.74, 6) is 1.25. The average molecular weight is 574 g/mol. The van der Waals surface area contributed by atoms with Gasteiger partial charge in [-0.3, -0.25) is 9.78 Å². The van der Waals surface area contributed by atoms with Crippen molar-refractivity contribution >= 4 is 23.2 Å². The number of rotatable bonds is 9. The minimum absolute atomic E-state index is 0.200. The number of fused-ring (bicyclic) bond motifs is 1. The predicted octanol–water partition coefficient (Wildman–Crippen LogP) is 7.83. The first-order valence-corrected chi connectivity index (χ1v) is 14.0. The summed E-state index contributed by atoms with van der Waals surface area (Å²) in [4.78, 5) is 16.7. The predicted molar refractivity (Wildman–Crippen MR) is 164 cm³/mol. The molecule has 6 nitrogen and oxygen atoms in total. The van der Waals surface area contributed by atoms with Crippen LogP contribution < -0.4 is 20.1 Å². The Kier molecular flexibility index (Phi) is 8.15.